The van der Waals surface area contributed by atoms with Gasteiger partial charge in [-0.05, 0) is 37.7 Å². The quantitative estimate of drug-likeness (QED) is 0.401. The number of hydrogen-bond acceptors (Lipinski definition) is 4. The number of hydrazone groups is 1. The minimum atomic E-state index is -0.489. The Kier molecular flexibility index (Phi) is 3.75. The van der Waals surface area contributed by atoms with Crippen LogP contribution in [-0.2, 0) is 0 Å². The van der Waals surface area contributed by atoms with Crippen molar-refractivity contribution in [1.82, 2.24) is 5.43 Å². The molecule has 0 heterocycles. The molecule has 1 saturated carbocycles. The second-order valence-electron chi connectivity index (χ2n) is 5.92. The van der Waals surface area contributed by atoms with E-state index in [1.807, 2.05) is 0 Å². The van der Waals surface area contributed by atoms with Gasteiger partial charge in [-0.25, -0.2) is 5.43 Å². The van der Waals surface area contributed by atoms with Gasteiger partial charge in [0.2, 0.25) is 0 Å². The number of nitrogens with one attached hydrogen (secondary N) is 1. The fourth-order valence-electron chi connectivity index (χ4n) is 3.20. The number of rotatable bonds is 4. The van der Waals surface area contributed by atoms with Gasteiger partial charge in [-0.15, -0.1) is 0 Å². The lowest BCUT2D eigenvalue weighted by Gasteiger charge is -2.11. The first-order chi connectivity index (χ1) is 10.5. The zero-order valence-corrected chi connectivity index (χ0v) is 12.2. The molecule has 3 atom stereocenters. The summed E-state index contributed by atoms with van der Waals surface area (Å²) in [6, 6.07) is 4.41. The molecule has 1 N–H and O–H groups in total. The Balaban J connectivity index is 1.64. The molecule has 1 aromatic carbocycles. The number of aryl methyl sites for hydroxylation is 1. The zero-order valence-electron chi connectivity index (χ0n) is 12.2. The van der Waals surface area contributed by atoms with E-state index in [9.17, 15) is 14.9 Å². The Labute approximate surface area is 128 Å². The number of hydrogen-bond donors (Lipinski definition) is 1. The fourth-order valence-corrected chi connectivity index (χ4v) is 3.20. The van der Waals surface area contributed by atoms with Crippen molar-refractivity contribution in [3.8, 4) is 0 Å². The van der Waals surface area contributed by atoms with Gasteiger partial charge in [-0.2, -0.15) is 5.10 Å². The third-order valence-corrected chi connectivity index (χ3v) is 4.43. The van der Waals surface area contributed by atoms with Gasteiger partial charge in [0.05, 0.1) is 4.92 Å². The van der Waals surface area contributed by atoms with Crippen molar-refractivity contribution >= 4 is 17.8 Å². The van der Waals surface area contributed by atoms with Gasteiger partial charge in [0.25, 0.3) is 11.6 Å². The molecule has 0 radical (unpaired) electrons. The largest absolute Gasteiger partial charge is 0.273 e. The van der Waals surface area contributed by atoms with E-state index in [2.05, 4.69) is 22.7 Å². The highest BCUT2D eigenvalue weighted by atomic mass is 16.6. The highest BCUT2D eigenvalue weighted by molar-refractivity contribution is 5.95. The van der Waals surface area contributed by atoms with Crippen LogP contribution in [0.2, 0.25) is 0 Å². The van der Waals surface area contributed by atoms with Crippen molar-refractivity contribution in [2.75, 3.05) is 0 Å². The highest BCUT2D eigenvalue weighted by Gasteiger charge is 2.34. The van der Waals surface area contributed by atoms with Crippen LogP contribution in [0.1, 0.15) is 28.8 Å². The molecule has 1 amide bonds. The SMILES string of the molecule is Cc1ccc(C(=O)NN=CC2CC3C=CC2C3)cc1[N+](=O)[O-]. The molecule has 2 bridgehead atoms. The van der Waals surface area contributed by atoms with Crippen LogP contribution in [0.3, 0.4) is 0 Å². The topological polar surface area (TPSA) is 84.6 Å². The molecule has 1 fully saturated rings. The van der Waals surface area contributed by atoms with E-state index >= 15 is 0 Å². The summed E-state index contributed by atoms with van der Waals surface area (Å²) in [5.74, 6) is 1.13. The summed E-state index contributed by atoms with van der Waals surface area (Å²) in [6.45, 7) is 1.64. The van der Waals surface area contributed by atoms with Crippen LogP contribution in [0.25, 0.3) is 0 Å². The summed E-state index contributed by atoms with van der Waals surface area (Å²) < 4.78 is 0. The third-order valence-electron chi connectivity index (χ3n) is 4.43. The van der Waals surface area contributed by atoms with Crippen molar-refractivity contribution in [2.24, 2.45) is 22.9 Å². The molecule has 0 spiro atoms. The average Bonchev–Trinajstić information content (AvgIpc) is 3.10. The lowest BCUT2D eigenvalue weighted by atomic mass is 9.95. The van der Waals surface area contributed by atoms with Gasteiger partial charge in [0.1, 0.15) is 0 Å². The lowest BCUT2D eigenvalue weighted by Crippen LogP contribution is -2.19. The summed E-state index contributed by atoms with van der Waals surface area (Å²) in [5.41, 5.74) is 3.16. The predicted molar refractivity (Wildman–Crippen MR) is 82.6 cm³/mol. The molecule has 3 rings (SSSR count). The molecule has 3 unspecified atom stereocenters. The van der Waals surface area contributed by atoms with E-state index in [-0.39, 0.29) is 11.3 Å². The van der Waals surface area contributed by atoms with Crippen molar-refractivity contribution in [2.45, 2.75) is 19.8 Å². The van der Waals surface area contributed by atoms with Crippen molar-refractivity contribution in [3.05, 3.63) is 51.6 Å². The second-order valence-corrected chi connectivity index (χ2v) is 5.92. The smallest absolute Gasteiger partial charge is 0.267 e. The van der Waals surface area contributed by atoms with Crippen LogP contribution in [0.5, 0.6) is 0 Å². The molecule has 6 nitrogen and oxygen atoms in total. The summed E-state index contributed by atoms with van der Waals surface area (Å²) >= 11 is 0. The maximum Gasteiger partial charge on any atom is 0.273 e. The van der Waals surface area contributed by atoms with Gasteiger partial charge in [-0.3, -0.25) is 14.9 Å². The molecular formula is C16H17N3O3. The third kappa shape index (κ3) is 2.77. The first-order valence-corrected chi connectivity index (χ1v) is 7.31. The van der Waals surface area contributed by atoms with Gasteiger partial charge in [-0.1, -0.05) is 18.2 Å². The Bertz CT molecular complexity index is 681. The molecule has 0 saturated heterocycles. The number of allylic oxidation sites excluding steroid dienone is 2. The van der Waals surface area contributed by atoms with Crippen molar-refractivity contribution < 1.29 is 9.72 Å². The molecule has 6 heteroatoms. The number of benzene rings is 1. The number of amides is 1. The van der Waals surface area contributed by atoms with Crippen LogP contribution in [-0.4, -0.2) is 17.0 Å². The van der Waals surface area contributed by atoms with Gasteiger partial charge in [0.15, 0.2) is 0 Å². The summed E-state index contributed by atoms with van der Waals surface area (Å²) in [5, 5.41) is 14.9. The van der Waals surface area contributed by atoms with Crippen LogP contribution in [0, 0.1) is 34.8 Å². The lowest BCUT2D eigenvalue weighted by molar-refractivity contribution is -0.385. The second kappa shape index (κ2) is 5.71. The molecular weight excluding hydrogens is 282 g/mol. The number of nitrogens with zero attached hydrogens (tertiary/aromatic N) is 2. The van der Waals surface area contributed by atoms with Crippen LogP contribution in [0.15, 0.2) is 35.5 Å². The van der Waals surface area contributed by atoms with Gasteiger partial charge < -0.3 is 0 Å². The number of carbonyl (C=O) groups excluding carboxylic acids is 1. The van der Waals surface area contributed by atoms with Gasteiger partial charge >= 0.3 is 0 Å². The van der Waals surface area contributed by atoms with Crippen LogP contribution in [0.4, 0.5) is 5.69 Å². The Hall–Kier alpha value is -2.50. The fraction of sp³-hybridized carbons (Fsp3) is 0.375. The zero-order chi connectivity index (χ0) is 15.7. The molecule has 22 heavy (non-hydrogen) atoms. The Morgan fingerprint density at radius 2 is 2.23 bits per heavy atom. The minimum Gasteiger partial charge on any atom is -0.267 e. The monoisotopic (exact) mass is 299 g/mol. The Morgan fingerprint density at radius 3 is 2.86 bits per heavy atom. The van der Waals surface area contributed by atoms with Crippen molar-refractivity contribution in [1.29, 1.82) is 0 Å². The minimum absolute atomic E-state index is 0.0603. The molecule has 2 aliphatic rings. The van der Waals surface area contributed by atoms with Crippen LogP contribution >= 0.6 is 0 Å². The van der Waals surface area contributed by atoms with Gasteiger partial charge in [0, 0.05) is 29.3 Å². The van der Waals surface area contributed by atoms with E-state index in [1.54, 1.807) is 25.3 Å². The maximum atomic E-state index is 12.0. The van der Waals surface area contributed by atoms with E-state index in [0.717, 1.165) is 6.42 Å². The average molecular weight is 299 g/mol. The van der Waals surface area contributed by atoms with E-state index in [4.69, 9.17) is 0 Å². The normalized spacial score (nSPS) is 25.8. The van der Waals surface area contributed by atoms with E-state index in [1.165, 1.54) is 12.5 Å². The summed E-state index contributed by atoms with van der Waals surface area (Å²) in [7, 11) is 0. The number of nitro benzene ring substituents is 1. The summed E-state index contributed by atoms with van der Waals surface area (Å²) in [6.07, 6.45) is 8.51. The highest BCUT2D eigenvalue weighted by Crippen LogP contribution is 2.42. The van der Waals surface area contributed by atoms with E-state index < -0.39 is 10.8 Å². The van der Waals surface area contributed by atoms with Crippen LogP contribution < -0.4 is 5.43 Å². The first kappa shape index (κ1) is 14.4. The van der Waals surface area contributed by atoms with E-state index in [0.29, 0.717) is 23.3 Å². The predicted octanol–water partition coefficient (Wildman–Crippen LogP) is 2.83. The van der Waals surface area contributed by atoms with Crippen molar-refractivity contribution in [3.63, 3.8) is 0 Å². The molecule has 0 aromatic heterocycles. The first-order valence-electron chi connectivity index (χ1n) is 7.31. The molecule has 1 aromatic rings. The number of nitro groups is 1. The standard InChI is InChI=1S/C16H17N3O3/c1-10-2-4-13(8-15(10)19(21)22)16(20)18-17-9-14-7-11-3-5-12(14)6-11/h2-5,8-9,11-12,14H,6-7H2,1H3,(H,18,20). The number of fused-ring (bicyclic) bond motifs is 2. The molecule has 114 valence electrons. The maximum absolute atomic E-state index is 12.0. The Morgan fingerprint density at radius 1 is 1.41 bits per heavy atom. The molecule has 0 aliphatic heterocycles. The molecule has 2 aliphatic carbocycles. The number of carbonyl (C=O) groups is 1. The summed E-state index contributed by atoms with van der Waals surface area (Å²) in [4.78, 5) is 22.4.